The van der Waals surface area contributed by atoms with Gasteiger partial charge in [0.05, 0.1) is 0 Å². The lowest BCUT2D eigenvalue weighted by Crippen LogP contribution is -2.42. The molecule has 3 rings (SSSR count). The number of nitrogens with zero attached hydrogens (tertiary/aromatic N) is 2. The van der Waals surface area contributed by atoms with Gasteiger partial charge in [0.2, 0.25) is 0 Å². The van der Waals surface area contributed by atoms with Gasteiger partial charge in [0, 0.05) is 34.5 Å². The largest absolute Gasteiger partial charge is 0.332 e. The Morgan fingerprint density at radius 2 is 1.08 bits per heavy atom. The molecule has 1 heterocycles. The van der Waals surface area contributed by atoms with Crippen molar-refractivity contribution in [3.05, 3.63) is 58.6 Å². The van der Waals surface area contributed by atoms with Gasteiger partial charge in [-0.2, -0.15) is 0 Å². The second-order valence-corrected chi connectivity index (χ2v) is 7.47. The summed E-state index contributed by atoms with van der Waals surface area (Å²) < 4.78 is 0. The van der Waals surface area contributed by atoms with Crippen LogP contribution in [0.4, 0.5) is 11.4 Å². The van der Waals surface area contributed by atoms with Gasteiger partial charge in [0.25, 0.3) is 0 Å². The molecule has 0 aliphatic carbocycles. The topological polar surface area (TPSA) is 30.5 Å². The highest BCUT2D eigenvalue weighted by Crippen LogP contribution is 2.18. The van der Waals surface area contributed by atoms with Crippen LogP contribution in [0.2, 0.25) is 10.0 Å². The van der Waals surface area contributed by atoms with Crippen LogP contribution < -0.4 is 10.6 Å². The van der Waals surface area contributed by atoms with Crippen molar-refractivity contribution in [1.82, 2.24) is 9.80 Å². The van der Waals surface area contributed by atoms with Crippen molar-refractivity contribution in [1.29, 1.82) is 0 Å². The van der Waals surface area contributed by atoms with Crippen molar-refractivity contribution in [2.45, 2.75) is 0 Å². The van der Waals surface area contributed by atoms with Crippen molar-refractivity contribution in [3.8, 4) is 0 Å². The molecule has 1 aliphatic rings. The zero-order valence-corrected chi connectivity index (χ0v) is 17.4. The van der Waals surface area contributed by atoms with Crippen LogP contribution in [0.15, 0.2) is 48.5 Å². The van der Waals surface area contributed by atoms with E-state index in [0.717, 1.165) is 11.4 Å². The number of hydrogen-bond donors (Lipinski definition) is 2. The zero-order chi connectivity index (χ0) is 18.7. The third-order valence-corrected chi connectivity index (χ3v) is 5.28. The average Bonchev–Trinajstić information content (AvgIpc) is 3.00. The molecule has 0 radical (unpaired) electrons. The molecule has 0 atom stereocenters. The number of hydrogen-bond acceptors (Lipinski definition) is 3. The molecular weight excluding hydrogens is 427 g/mol. The molecule has 0 spiro atoms. The maximum Gasteiger partial charge on any atom is 0.184 e. The highest BCUT2D eigenvalue weighted by Gasteiger charge is 2.30. The molecule has 1 saturated heterocycles. The summed E-state index contributed by atoms with van der Waals surface area (Å²) in [6, 6.07) is 14.6. The first-order valence-electron chi connectivity index (χ1n) is 7.66. The lowest BCUT2D eigenvalue weighted by atomic mass is 10.3. The summed E-state index contributed by atoms with van der Waals surface area (Å²) in [5.74, 6) is 0. The highest BCUT2D eigenvalue weighted by atomic mass is 35.5. The first-order valence-corrected chi connectivity index (χ1v) is 9.64. The first kappa shape index (κ1) is 19.3. The van der Waals surface area contributed by atoms with Gasteiger partial charge in [-0.15, -0.1) is 0 Å². The Balaban J connectivity index is 1.61. The van der Waals surface area contributed by atoms with E-state index < -0.39 is 0 Å². The van der Waals surface area contributed by atoms with Gasteiger partial charge in [-0.05, 0) is 85.2 Å². The molecule has 134 valence electrons. The molecule has 0 amide bonds. The number of rotatable bonds is 2. The van der Waals surface area contributed by atoms with Crippen molar-refractivity contribution in [2.24, 2.45) is 0 Å². The molecule has 0 unspecified atom stereocenters. The molecule has 0 bridgehead atoms. The molecule has 2 N–H and O–H groups in total. The second-order valence-electron chi connectivity index (χ2n) is 5.46. The van der Waals surface area contributed by atoms with Crippen LogP contribution in [0, 0.1) is 0 Å². The summed E-state index contributed by atoms with van der Waals surface area (Å²) >= 11 is 28.3. The maximum absolute atomic E-state index is 5.90. The van der Waals surface area contributed by atoms with Gasteiger partial charge in [0.15, 0.2) is 15.3 Å². The summed E-state index contributed by atoms with van der Waals surface area (Å²) in [5, 5.41) is 9.27. The van der Waals surface area contributed by atoms with Gasteiger partial charge < -0.3 is 10.6 Å². The minimum absolute atomic E-state index is 0.522. The molecule has 0 saturated carbocycles. The third kappa shape index (κ3) is 4.61. The van der Waals surface area contributed by atoms with Gasteiger partial charge in [-0.25, -0.2) is 0 Å². The predicted molar refractivity (Wildman–Crippen MR) is 121 cm³/mol. The Labute approximate surface area is 178 Å². The standard InChI is InChI=1S/C17H14Cl2N4S3/c18-11-1-5-13(6-2-11)20-15(24)22-9-10-23(17(22)26)16(25)21-14-7-3-12(19)4-8-14/h1-8H,9-10H2,(H,20,24)(H,21,25). The fourth-order valence-corrected chi connectivity index (χ4v) is 3.69. The SMILES string of the molecule is S=C(Nc1ccc(Cl)cc1)N1CCN(C(=S)Nc2ccc(Cl)cc2)C1=S. The van der Waals surface area contributed by atoms with E-state index in [1.54, 1.807) is 24.3 Å². The van der Waals surface area contributed by atoms with Gasteiger partial charge in [-0.1, -0.05) is 23.2 Å². The number of nitrogens with one attached hydrogen (secondary N) is 2. The Bertz CT molecular complexity index is 771. The molecule has 1 fully saturated rings. The van der Waals surface area contributed by atoms with Crippen LogP contribution in [0.5, 0.6) is 0 Å². The smallest absolute Gasteiger partial charge is 0.184 e. The second kappa shape index (κ2) is 8.45. The average molecular weight is 441 g/mol. The Hall–Kier alpha value is -1.51. The van der Waals surface area contributed by atoms with E-state index in [2.05, 4.69) is 10.6 Å². The van der Waals surface area contributed by atoms with Crippen molar-refractivity contribution in [3.63, 3.8) is 0 Å². The highest BCUT2D eigenvalue weighted by molar-refractivity contribution is 7.82. The molecule has 2 aromatic rings. The number of thiocarbonyl (C=S) groups is 3. The predicted octanol–water partition coefficient (Wildman–Crippen LogP) is 4.99. The van der Waals surface area contributed by atoms with Crippen LogP contribution >= 0.6 is 59.9 Å². The lowest BCUT2D eigenvalue weighted by molar-refractivity contribution is 0.660. The van der Waals surface area contributed by atoms with Crippen molar-refractivity contribution < 1.29 is 0 Å². The third-order valence-electron chi connectivity index (χ3n) is 3.69. The minimum atomic E-state index is 0.522. The summed E-state index contributed by atoms with van der Waals surface area (Å²) in [6.07, 6.45) is 0. The molecule has 2 aromatic carbocycles. The normalized spacial score (nSPS) is 13.7. The van der Waals surface area contributed by atoms with Crippen LogP contribution in [-0.4, -0.2) is 38.2 Å². The van der Waals surface area contributed by atoms with Crippen LogP contribution in [0.3, 0.4) is 0 Å². The van der Waals surface area contributed by atoms with Crippen LogP contribution in [0.25, 0.3) is 0 Å². The number of benzene rings is 2. The van der Waals surface area contributed by atoms with E-state index >= 15 is 0 Å². The molecule has 4 nitrogen and oxygen atoms in total. The first-order chi connectivity index (χ1) is 12.4. The van der Waals surface area contributed by atoms with Crippen molar-refractivity contribution in [2.75, 3.05) is 23.7 Å². The Morgan fingerprint density at radius 3 is 1.42 bits per heavy atom. The van der Waals surface area contributed by atoms with Crippen LogP contribution in [0.1, 0.15) is 0 Å². The Kier molecular flexibility index (Phi) is 6.26. The molecule has 9 heteroatoms. The zero-order valence-electron chi connectivity index (χ0n) is 13.4. The molecule has 26 heavy (non-hydrogen) atoms. The molecule has 0 aromatic heterocycles. The Morgan fingerprint density at radius 1 is 0.731 bits per heavy atom. The lowest BCUT2D eigenvalue weighted by Gasteiger charge is -2.23. The fourth-order valence-electron chi connectivity index (χ4n) is 2.36. The fraction of sp³-hybridized carbons (Fsp3) is 0.118. The van der Waals surface area contributed by atoms with E-state index in [0.29, 0.717) is 38.5 Å². The quantitative estimate of drug-likeness (QED) is 0.635. The number of halogens is 2. The van der Waals surface area contributed by atoms with E-state index in [-0.39, 0.29) is 0 Å². The van der Waals surface area contributed by atoms with E-state index in [1.165, 1.54) is 0 Å². The number of anilines is 2. The van der Waals surface area contributed by atoms with Gasteiger partial charge in [-0.3, -0.25) is 9.80 Å². The maximum atomic E-state index is 5.90. The summed E-state index contributed by atoms with van der Waals surface area (Å²) in [6.45, 7) is 1.31. The summed E-state index contributed by atoms with van der Waals surface area (Å²) in [4.78, 5) is 3.68. The van der Waals surface area contributed by atoms with Crippen molar-refractivity contribution >= 4 is 86.6 Å². The monoisotopic (exact) mass is 440 g/mol. The molecular formula is C17H14Cl2N4S3. The van der Waals surface area contributed by atoms with E-state index in [1.807, 2.05) is 34.1 Å². The summed E-state index contributed by atoms with van der Waals surface area (Å²) in [7, 11) is 0. The van der Waals surface area contributed by atoms with E-state index in [4.69, 9.17) is 59.9 Å². The van der Waals surface area contributed by atoms with E-state index in [9.17, 15) is 0 Å². The van der Waals surface area contributed by atoms with Gasteiger partial charge >= 0.3 is 0 Å². The van der Waals surface area contributed by atoms with Crippen LogP contribution in [-0.2, 0) is 0 Å². The van der Waals surface area contributed by atoms with Gasteiger partial charge in [0.1, 0.15) is 0 Å². The minimum Gasteiger partial charge on any atom is -0.332 e. The summed E-state index contributed by atoms with van der Waals surface area (Å²) in [5.41, 5.74) is 1.70. The molecule has 1 aliphatic heterocycles.